The zero-order valence-electron chi connectivity index (χ0n) is 13.4. The van der Waals surface area contributed by atoms with Gasteiger partial charge in [-0.15, -0.1) is 0 Å². The summed E-state index contributed by atoms with van der Waals surface area (Å²) in [6.07, 6.45) is 3.96. The second-order valence-electron chi connectivity index (χ2n) is 6.39. The number of nitrogens with zero attached hydrogens (tertiary/aromatic N) is 3. The van der Waals surface area contributed by atoms with Crippen LogP contribution in [0.1, 0.15) is 31.5 Å². The zero-order chi connectivity index (χ0) is 15.5. The van der Waals surface area contributed by atoms with E-state index in [4.69, 9.17) is 5.73 Å². The molecular weight excluding hydrogens is 312 g/mol. The van der Waals surface area contributed by atoms with E-state index in [2.05, 4.69) is 26.3 Å². The lowest BCUT2D eigenvalue weighted by molar-refractivity contribution is -0.648. The first-order valence-corrected chi connectivity index (χ1v) is 7.78. The fourth-order valence-corrected chi connectivity index (χ4v) is 4.04. The Hall–Kier alpha value is -2.01. The van der Waals surface area contributed by atoms with Crippen LogP contribution in [-0.2, 0) is 14.1 Å². The topological polar surface area (TPSA) is 67.4 Å². The van der Waals surface area contributed by atoms with E-state index >= 15 is 0 Å². The van der Waals surface area contributed by atoms with E-state index in [1.54, 1.807) is 0 Å². The Morgan fingerprint density at radius 2 is 1.91 bits per heavy atom. The maximum absolute atomic E-state index is 10.9. The number of halogens is 1. The summed E-state index contributed by atoms with van der Waals surface area (Å²) in [7, 11) is 4.01. The molecule has 1 aliphatic carbocycles. The van der Waals surface area contributed by atoms with Crippen molar-refractivity contribution in [3.05, 3.63) is 35.8 Å². The van der Waals surface area contributed by atoms with Crippen LogP contribution in [0.15, 0.2) is 35.0 Å². The van der Waals surface area contributed by atoms with Crippen molar-refractivity contribution in [1.29, 1.82) is 0 Å². The van der Waals surface area contributed by atoms with Gasteiger partial charge in [0.2, 0.25) is 0 Å². The summed E-state index contributed by atoms with van der Waals surface area (Å²) in [6.45, 7) is 0. The molecule has 4 rings (SSSR count). The van der Waals surface area contributed by atoms with E-state index in [1.165, 1.54) is 0 Å². The van der Waals surface area contributed by atoms with Crippen LogP contribution in [-0.4, -0.2) is 21.0 Å². The van der Waals surface area contributed by atoms with Gasteiger partial charge in [-0.25, -0.2) is 9.13 Å². The van der Waals surface area contributed by atoms with Crippen LogP contribution in [0.4, 0.5) is 0 Å². The van der Waals surface area contributed by atoms with Gasteiger partial charge in [-0.3, -0.25) is 4.99 Å². The first-order chi connectivity index (χ1) is 10.6. The van der Waals surface area contributed by atoms with Crippen molar-refractivity contribution in [3.63, 3.8) is 0 Å². The van der Waals surface area contributed by atoms with E-state index in [1.807, 2.05) is 26.2 Å². The Morgan fingerprint density at radius 1 is 1.26 bits per heavy atom. The highest BCUT2D eigenvalue weighted by atomic mass is 35.5. The third-order valence-corrected chi connectivity index (χ3v) is 5.16. The molecule has 0 saturated heterocycles. The molecule has 2 heterocycles. The number of aliphatic imine (C=N–C) groups is 1. The molecule has 0 bridgehead atoms. The lowest BCUT2D eigenvalue weighted by atomic mass is 9.95. The van der Waals surface area contributed by atoms with E-state index in [9.17, 15) is 5.11 Å². The first-order valence-electron chi connectivity index (χ1n) is 7.78. The minimum atomic E-state index is -0.469. The standard InChI is InChI=1S/C17H20N4O.ClH/c1-20-11-7-3-4-8-12(11)21(2)16(20)13-14(22)17(19-15(13)18)9-5-6-10-17;/h3-4,7-8H,5-6,9-10H2,1-2H3,(H2,18,19);1H. The number of hydrogen-bond donors (Lipinski definition) is 2. The van der Waals surface area contributed by atoms with Crippen molar-refractivity contribution < 1.29 is 22.1 Å². The molecule has 1 saturated carbocycles. The van der Waals surface area contributed by atoms with Crippen LogP contribution in [0.25, 0.3) is 16.6 Å². The molecule has 2 aromatic rings. The highest BCUT2D eigenvalue weighted by Gasteiger charge is 2.47. The summed E-state index contributed by atoms with van der Waals surface area (Å²) in [5, 5.41) is 10.9. The maximum Gasteiger partial charge on any atom is 0.296 e. The van der Waals surface area contributed by atoms with Crippen LogP contribution in [0.3, 0.4) is 0 Å². The molecule has 0 unspecified atom stereocenters. The normalized spacial score (nSPS) is 19.5. The van der Waals surface area contributed by atoms with E-state index < -0.39 is 5.54 Å². The quantitative estimate of drug-likeness (QED) is 0.655. The van der Waals surface area contributed by atoms with Gasteiger partial charge in [0.15, 0.2) is 11.0 Å². The summed E-state index contributed by atoms with van der Waals surface area (Å²) in [5.41, 5.74) is 8.67. The maximum atomic E-state index is 10.9. The van der Waals surface area contributed by atoms with Gasteiger partial charge in [0, 0.05) is 0 Å². The van der Waals surface area contributed by atoms with Gasteiger partial charge in [0.1, 0.15) is 22.7 Å². The summed E-state index contributed by atoms with van der Waals surface area (Å²) >= 11 is 0. The third-order valence-electron chi connectivity index (χ3n) is 5.16. The number of benzene rings is 1. The molecule has 0 atom stereocenters. The Labute approximate surface area is 141 Å². The summed E-state index contributed by atoms with van der Waals surface area (Å²) in [5.74, 6) is 1.72. The van der Waals surface area contributed by atoms with Crippen LogP contribution < -0.4 is 22.7 Å². The second-order valence-corrected chi connectivity index (χ2v) is 6.39. The van der Waals surface area contributed by atoms with Gasteiger partial charge in [-0.2, -0.15) is 0 Å². The fourth-order valence-electron chi connectivity index (χ4n) is 4.04. The molecule has 0 amide bonds. The van der Waals surface area contributed by atoms with Crippen molar-refractivity contribution in [2.45, 2.75) is 31.2 Å². The van der Waals surface area contributed by atoms with Crippen LogP contribution in [0.5, 0.6) is 0 Å². The van der Waals surface area contributed by atoms with Crippen molar-refractivity contribution in [1.82, 2.24) is 4.57 Å². The lowest BCUT2D eigenvalue weighted by Gasteiger charge is -2.19. The molecule has 5 nitrogen and oxygen atoms in total. The van der Waals surface area contributed by atoms with E-state index in [0.717, 1.165) is 42.5 Å². The highest BCUT2D eigenvalue weighted by molar-refractivity contribution is 6.23. The minimum absolute atomic E-state index is 0. The molecule has 1 aromatic heterocycles. The largest absolute Gasteiger partial charge is 1.00 e. The summed E-state index contributed by atoms with van der Waals surface area (Å²) < 4.78 is 4.16. The smallest absolute Gasteiger partial charge is 0.296 e. The average Bonchev–Trinajstić information content (AvgIpc) is 3.14. The molecule has 0 radical (unpaired) electrons. The molecule has 1 aromatic carbocycles. The summed E-state index contributed by atoms with van der Waals surface area (Å²) in [4.78, 5) is 4.65. The Balaban J connectivity index is 0.00000156. The molecule has 6 heteroatoms. The van der Waals surface area contributed by atoms with Gasteiger partial charge in [-0.05, 0) is 25.0 Å². The number of hydrogen-bond acceptors (Lipinski definition) is 3. The number of aryl methyl sites for hydroxylation is 2. The van der Waals surface area contributed by atoms with Gasteiger partial charge in [0.05, 0.1) is 14.1 Å². The van der Waals surface area contributed by atoms with E-state index in [0.29, 0.717) is 17.2 Å². The number of rotatable bonds is 1. The number of nitrogens with two attached hydrogens (primary N) is 1. The van der Waals surface area contributed by atoms with Gasteiger partial charge in [-0.1, -0.05) is 25.0 Å². The zero-order valence-corrected chi connectivity index (χ0v) is 14.1. The average molecular weight is 333 g/mol. The number of imidazole rings is 1. The van der Waals surface area contributed by atoms with Crippen LogP contribution in [0, 0.1) is 0 Å². The predicted octanol–water partition coefficient (Wildman–Crippen LogP) is -1.04. The Kier molecular flexibility index (Phi) is 3.64. The molecule has 1 fully saturated rings. The molecule has 1 aliphatic heterocycles. The number of aliphatic hydroxyl groups excluding tert-OH is 1. The van der Waals surface area contributed by atoms with Gasteiger partial charge in [0.25, 0.3) is 5.82 Å². The van der Waals surface area contributed by atoms with Gasteiger partial charge < -0.3 is 23.2 Å². The molecule has 2 aliphatic rings. The molecular formula is C17H21ClN4O. The predicted molar refractivity (Wildman–Crippen MR) is 86.5 cm³/mol. The van der Waals surface area contributed by atoms with Crippen molar-refractivity contribution in [2.75, 3.05) is 0 Å². The van der Waals surface area contributed by atoms with Crippen molar-refractivity contribution in [2.24, 2.45) is 24.8 Å². The number of para-hydroxylation sites is 2. The van der Waals surface area contributed by atoms with Crippen LogP contribution >= 0.6 is 0 Å². The SMILES string of the molecule is Cn1c(C2=C(O)C3(CCCC3)N=C2N)[n+](C)c2ccccc21.[Cl-]. The minimum Gasteiger partial charge on any atom is -1.00 e. The highest BCUT2D eigenvalue weighted by Crippen LogP contribution is 2.45. The van der Waals surface area contributed by atoms with Crippen molar-refractivity contribution in [3.8, 4) is 0 Å². The molecule has 122 valence electrons. The number of amidine groups is 1. The van der Waals surface area contributed by atoms with Crippen molar-refractivity contribution >= 4 is 22.4 Å². The Morgan fingerprint density at radius 3 is 2.57 bits per heavy atom. The van der Waals surface area contributed by atoms with E-state index in [-0.39, 0.29) is 12.4 Å². The second kappa shape index (κ2) is 5.27. The number of aromatic nitrogens is 2. The molecule has 23 heavy (non-hydrogen) atoms. The summed E-state index contributed by atoms with van der Waals surface area (Å²) in [6, 6.07) is 8.18. The van der Waals surface area contributed by atoms with Crippen LogP contribution in [0.2, 0.25) is 0 Å². The van der Waals surface area contributed by atoms with Gasteiger partial charge >= 0.3 is 0 Å². The number of fused-ring (bicyclic) bond motifs is 1. The molecule has 3 N–H and O–H groups in total. The fraction of sp³-hybridized carbons (Fsp3) is 0.412. The Bertz CT molecular complexity index is 805. The molecule has 1 spiro atoms. The lowest BCUT2D eigenvalue weighted by Crippen LogP contribution is -3.00. The number of aliphatic hydroxyl groups is 1. The first kappa shape index (κ1) is 15.9. The monoisotopic (exact) mass is 332 g/mol. The third kappa shape index (κ3) is 1.99.